The predicted octanol–water partition coefficient (Wildman–Crippen LogP) is 0.695. The zero-order valence-corrected chi connectivity index (χ0v) is 11.7. The summed E-state index contributed by atoms with van der Waals surface area (Å²) in [6, 6.07) is 2.29. The third-order valence-corrected chi connectivity index (χ3v) is 3.94. The molecule has 3 heterocycles. The first kappa shape index (κ1) is 13.3. The van der Waals surface area contributed by atoms with Crippen molar-refractivity contribution >= 4 is 11.7 Å². The lowest BCUT2D eigenvalue weighted by Crippen LogP contribution is -2.35. The van der Waals surface area contributed by atoms with Gasteiger partial charge in [0.15, 0.2) is 0 Å². The first-order valence-electron chi connectivity index (χ1n) is 7.14. The summed E-state index contributed by atoms with van der Waals surface area (Å²) in [7, 11) is 0. The second-order valence-electron chi connectivity index (χ2n) is 5.49. The Balaban J connectivity index is 1.68. The van der Waals surface area contributed by atoms with Crippen LogP contribution in [0, 0.1) is 0 Å². The number of aromatic nitrogens is 2. The lowest BCUT2D eigenvalue weighted by molar-refractivity contribution is -0.119. The summed E-state index contributed by atoms with van der Waals surface area (Å²) in [5.74, 6) is 1.38. The van der Waals surface area contributed by atoms with Crippen LogP contribution in [0.5, 0.6) is 0 Å². The highest BCUT2D eigenvalue weighted by molar-refractivity contribution is 5.73. The molecule has 1 N–H and O–H groups in total. The third kappa shape index (κ3) is 2.90. The van der Waals surface area contributed by atoms with Crippen molar-refractivity contribution in [2.24, 2.45) is 0 Å². The molecular weight excluding hydrogens is 256 g/mol. The van der Waals surface area contributed by atoms with E-state index in [1.807, 2.05) is 0 Å². The van der Waals surface area contributed by atoms with Crippen molar-refractivity contribution in [3.8, 4) is 0 Å². The molecule has 1 aromatic rings. The van der Waals surface area contributed by atoms with E-state index in [4.69, 9.17) is 4.74 Å². The molecule has 6 heteroatoms. The van der Waals surface area contributed by atoms with Gasteiger partial charge in [0, 0.05) is 44.6 Å². The molecular formula is C14H20N4O2. The van der Waals surface area contributed by atoms with Crippen LogP contribution in [0.25, 0.3) is 0 Å². The summed E-state index contributed by atoms with van der Waals surface area (Å²) in [4.78, 5) is 22.1. The van der Waals surface area contributed by atoms with Crippen LogP contribution in [0.3, 0.4) is 0 Å². The molecule has 1 aromatic heterocycles. The van der Waals surface area contributed by atoms with Gasteiger partial charge in [0.25, 0.3) is 0 Å². The summed E-state index contributed by atoms with van der Waals surface area (Å²) < 4.78 is 5.42. The molecule has 0 spiro atoms. The van der Waals surface area contributed by atoms with Crippen LogP contribution in [0.4, 0.5) is 5.82 Å². The molecule has 0 bridgehead atoms. The fourth-order valence-electron chi connectivity index (χ4n) is 2.90. The maximum atomic E-state index is 11.1. The Morgan fingerprint density at radius 2 is 2.35 bits per heavy atom. The van der Waals surface area contributed by atoms with Crippen LogP contribution >= 0.6 is 0 Å². The van der Waals surface area contributed by atoms with Crippen molar-refractivity contribution in [2.45, 2.75) is 31.7 Å². The number of ether oxygens (including phenoxy) is 1. The van der Waals surface area contributed by atoms with Crippen molar-refractivity contribution < 1.29 is 9.53 Å². The monoisotopic (exact) mass is 276 g/mol. The molecule has 20 heavy (non-hydrogen) atoms. The molecule has 2 unspecified atom stereocenters. The van der Waals surface area contributed by atoms with E-state index in [1.54, 1.807) is 13.3 Å². The van der Waals surface area contributed by atoms with E-state index in [2.05, 4.69) is 26.3 Å². The van der Waals surface area contributed by atoms with Gasteiger partial charge in [-0.15, -0.1) is 0 Å². The van der Waals surface area contributed by atoms with Gasteiger partial charge in [-0.1, -0.05) is 0 Å². The van der Waals surface area contributed by atoms with Crippen LogP contribution in [0.15, 0.2) is 12.4 Å². The number of nitrogens with one attached hydrogen (secondary N) is 1. The first-order valence-corrected chi connectivity index (χ1v) is 7.14. The second kappa shape index (κ2) is 5.75. The Morgan fingerprint density at radius 1 is 1.45 bits per heavy atom. The Hall–Kier alpha value is -1.69. The van der Waals surface area contributed by atoms with Gasteiger partial charge >= 0.3 is 0 Å². The summed E-state index contributed by atoms with van der Waals surface area (Å²) in [5, 5.41) is 2.97. The molecule has 108 valence electrons. The second-order valence-corrected chi connectivity index (χ2v) is 5.49. The lowest BCUT2D eigenvalue weighted by Gasteiger charge is -2.18. The highest BCUT2D eigenvalue weighted by Crippen LogP contribution is 2.26. The minimum Gasteiger partial charge on any atom is -0.381 e. The van der Waals surface area contributed by atoms with Crippen LogP contribution in [0.2, 0.25) is 0 Å². The molecule has 2 fully saturated rings. The SMILES string of the molecule is CC(=O)NC1CCN(c2cc(C3CCOC3)ncn2)C1. The van der Waals surface area contributed by atoms with E-state index in [0.29, 0.717) is 5.92 Å². The molecule has 1 amide bonds. The van der Waals surface area contributed by atoms with Gasteiger partial charge < -0.3 is 15.0 Å². The summed E-state index contributed by atoms with van der Waals surface area (Å²) >= 11 is 0. The minimum absolute atomic E-state index is 0.0309. The quantitative estimate of drug-likeness (QED) is 0.880. The number of carbonyl (C=O) groups is 1. The maximum Gasteiger partial charge on any atom is 0.217 e. The van der Waals surface area contributed by atoms with E-state index in [-0.39, 0.29) is 11.9 Å². The van der Waals surface area contributed by atoms with Crippen molar-refractivity contribution in [1.29, 1.82) is 0 Å². The molecule has 0 aromatic carbocycles. The normalized spacial score (nSPS) is 25.9. The van der Waals surface area contributed by atoms with Crippen LogP contribution in [0.1, 0.15) is 31.4 Å². The van der Waals surface area contributed by atoms with Crippen molar-refractivity contribution in [3.05, 3.63) is 18.1 Å². The number of anilines is 1. The van der Waals surface area contributed by atoms with Gasteiger partial charge in [0.2, 0.25) is 5.91 Å². The number of hydrogen-bond donors (Lipinski definition) is 1. The molecule has 3 rings (SSSR count). The average Bonchev–Trinajstić information content (AvgIpc) is 3.09. The zero-order valence-electron chi connectivity index (χ0n) is 11.7. The van der Waals surface area contributed by atoms with Crippen molar-refractivity contribution in [1.82, 2.24) is 15.3 Å². The van der Waals surface area contributed by atoms with E-state index in [0.717, 1.165) is 50.7 Å². The number of hydrogen-bond acceptors (Lipinski definition) is 5. The van der Waals surface area contributed by atoms with Crippen LogP contribution < -0.4 is 10.2 Å². The average molecular weight is 276 g/mol. The summed E-state index contributed by atoms with van der Waals surface area (Å²) in [6.07, 6.45) is 3.63. The fourth-order valence-corrected chi connectivity index (χ4v) is 2.90. The fraction of sp³-hybridized carbons (Fsp3) is 0.643. The number of rotatable bonds is 3. The van der Waals surface area contributed by atoms with E-state index < -0.39 is 0 Å². The minimum atomic E-state index is 0.0309. The molecule has 2 saturated heterocycles. The molecule has 0 radical (unpaired) electrons. The van der Waals surface area contributed by atoms with Gasteiger partial charge in [0.05, 0.1) is 12.3 Å². The maximum absolute atomic E-state index is 11.1. The van der Waals surface area contributed by atoms with Gasteiger partial charge in [-0.25, -0.2) is 9.97 Å². The molecule has 2 atom stereocenters. The number of amides is 1. The largest absolute Gasteiger partial charge is 0.381 e. The smallest absolute Gasteiger partial charge is 0.217 e. The Bertz CT molecular complexity index is 488. The van der Waals surface area contributed by atoms with Gasteiger partial charge in [-0.2, -0.15) is 0 Å². The zero-order chi connectivity index (χ0) is 13.9. The van der Waals surface area contributed by atoms with Crippen LogP contribution in [-0.2, 0) is 9.53 Å². The Kier molecular flexibility index (Phi) is 3.82. The van der Waals surface area contributed by atoms with Crippen molar-refractivity contribution in [2.75, 3.05) is 31.2 Å². The molecule has 6 nitrogen and oxygen atoms in total. The molecule has 2 aliphatic rings. The van der Waals surface area contributed by atoms with Crippen molar-refractivity contribution in [3.63, 3.8) is 0 Å². The third-order valence-electron chi connectivity index (χ3n) is 3.94. The Morgan fingerprint density at radius 3 is 3.10 bits per heavy atom. The summed E-state index contributed by atoms with van der Waals surface area (Å²) in [5.41, 5.74) is 1.07. The number of carbonyl (C=O) groups excluding carboxylic acids is 1. The van der Waals surface area contributed by atoms with E-state index >= 15 is 0 Å². The van der Waals surface area contributed by atoms with Gasteiger partial charge in [0.1, 0.15) is 12.1 Å². The van der Waals surface area contributed by atoms with Gasteiger partial charge in [-0.3, -0.25) is 4.79 Å². The topological polar surface area (TPSA) is 67.4 Å². The van der Waals surface area contributed by atoms with E-state index in [1.165, 1.54) is 0 Å². The lowest BCUT2D eigenvalue weighted by atomic mass is 10.0. The summed E-state index contributed by atoms with van der Waals surface area (Å²) in [6.45, 7) is 4.87. The molecule has 0 aliphatic carbocycles. The predicted molar refractivity (Wildman–Crippen MR) is 74.6 cm³/mol. The standard InChI is InChI=1S/C14H20N4O2/c1-10(19)17-12-2-4-18(7-12)14-6-13(15-9-16-14)11-3-5-20-8-11/h6,9,11-12H,2-5,7-8H2,1H3,(H,17,19). The number of nitrogens with zero attached hydrogens (tertiary/aromatic N) is 3. The first-order chi connectivity index (χ1) is 9.72. The molecule has 0 saturated carbocycles. The van der Waals surface area contributed by atoms with Gasteiger partial charge in [-0.05, 0) is 12.8 Å². The Labute approximate surface area is 118 Å². The molecule has 2 aliphatic heterocycles. The highest BCUT2D eigenvalue weighted by Gasteiger charge is 2.25. The van der Waals surface area contributed by atoms with E-state index in [9.17, 15) is 4.79 Å². The highest BCUT2D eigenvalue weighted by atomic mass is 16.5. The van der Waals surface area contributed by atoms with Crippen LogP contribution in [-0.4, -0.2) is 48.2 Å².